The van der Waals surface area contributed by atoms with Crippen LogP contribution in [-0.2, 0) is 9.53 Å². The summed E-state index contributed by atoms with van der Waals surface area (Å²) < 4.78 is 6.08. The molecule has 1 aromatic carbocycles. The molecule has 0 spiro atoms. The molecular formula is C18H20ClNO3S. The van der Waals surface area contributed by atoms with E-state index in [1.807, 2.05) is 24.3 Å². The second kappa shape index (κ2) is 7.53. The lowest BCUT2D eigenvalue weighted by Gasteiger charge is -2.29. The van der Waals surface area contributed by atoms with E-state index in [4.69, 9.17) is 16.3 Å². The Labute approximate surface area is 150 Å². The molecule has 2 atom stereocenters. The summed E-state index contributed by atoms with van der Waals surface area (Å²) in [4.78, 5) is 24.6. The van der Waals surface area contributed by atoms with Crippen LogP contribution in [0.2, 0.25) is 5.02 Å². The number of ether oxygens (including phenoxy) is 1. The fraction of sp³-hybridized carbons (Fsp3) is 0.444. The first kappa shape index (κ1) is 17.2. The smallest absolute Gasteiger partial charge is 0.350 e. The molecule has 1 aliphatic carbocycles. The Hall–Kier alpha value is -1.59. The molecule has 1 fully saturated rings. The monoisotopic (exact) mass is 365 g/mol. The summed E-state index contributed by atoms with van der Waals surface area (Å²) in [7, 11) is 0. The summed E-state index contributed by atoms with van der Waals surface area (Å²) in [6, 6.07) is 7.71. The van der Waals surface area contributed by atoms with E-state index in [1.54, 1.807) is 0 Å². The summed E-state index contributed by atoms with van der Waals surface area (Å²) >= 11 is 7.53. The number of halogens is 1. The van der Waals surface area contributed by atoms with Crippen LogP contribution in [0.15, 0.2) is 24.3 Å². The number of carbonyl (C=O) groups is 2. The van der Waals surface area contributed by atoms with E-state index >= 15 is 0 Å². The van der Waals surface area contributed by atoms with Crippen LogP contribution in [0, 0.1) is 5.92 Å². The molecule has 2 aromatic rings. The lowest BCUT2D eigenvalue weighted by Crippen LogP contribution is -2.42. The topological polar surface area (TPSA) is 55.4 Å². The molecule has 0 aliphatic heterocycles. The van der Waals surface area contributed by atoms with Crippen LogP contribution in [0.5, 0.6) is 0 Å². The van der Waals surface area contributed by atoms with Gasteiger partial charge in [0, 0.05) is 16.1 Å². The van der Waals surface area contributed by atoms with Crippen molar-refractivity contribution in [2.75, 3.05) is 6.61 Å². The largest absolute Gasteiger partial charge is 0.451 e. The predicted octanol–water partition coefficient (Wildman–Crippen LogP) is 4.41. The molecule has 24 heavy (non-hydrogen) atoms. The van der Waals surface area contributed by atoms with Crippen molar-refractivity contribution < 1.29 is 14.3 Å². The van der Waals surface area contributed by atoms with Gasteiger partial charge in [0.2, 0.25) is 0 Å². The summed E-state index contributed by atoms with van der Waals surface area (Å²) in [6.07, 6.45) is 4.46. The van der Waals surface area contributed by atoms with Crippen molar-refractivity contribution in [1.29, 1.82) is 0 Å². The molecule has 1 amide bonds. The molecule has 3 rings (SSSR count). The number of nitrogens with one attached hydrogen (secondary N) is 1. The summed E-state index contributed by atoms with van der Waals surface area (Å²) in [6.45, 7) is 1.87. The van der Waals surface area contributed by atoms with Crippen LogP contribution in [0.1, 0.15) is 42.3 Å². The van der Waals surface area contributed by atoms with E-state index in [1.165, 1.54) is 17.8 Å². The average Bonchev–Trinajstić information content (AvgIpc) is 2.92. The number of hydrogen-bond donors (Lipinski definition) is 1. The van der Waals surface area contributed by atoms with Crippen LogP contribution in [0.3, 0.4) is 0 Å². The van der Waals surface area contributed by atoms with E-state index in [0.717, 1.165) is 29.3 Å². The van der Waals surface area contributed by atoms with Gasteiger partial charge in [-0.3, -0.25) is 4.79 Å². The van der Waals surface area contributed by atoms with Gasteiger partial charge in [-0.2, -0.15) is 0 Å². The maximum absolute atomic E-state index is 12.2. The van der Waals surface area contributed by atoms with E-state index in [9.17, 15) is 9.59 Å². The molecule has 0 radical (unpaired) electrons. The third kappa shape index (κ3) is 3.73. The Morgan fingerprint density at radius 3 is 2.79 bits per heavy atom. The van der Waals surface area contributed by atoms with Gasteiger partial charge >= 0.3 is 5.97 Å². The van der Waals surface area contributed by atoms with Gasteiger partial charge in [0.05, 0.1) is 5.02 Å². The SMILES string of the molecule is C[C@@H]1CCCC[C@@H]1NC(=O)COC(=O)c1sc2ccccc2c1Cl. The second-order valence-corrected chi connectivity index (χ2v) is 7.68. The van der Waals surface area contributed by atoms with Crippen LogP contribution in [0.4, 0.5) is 0 Å². The molecule has 1 aliphatic rings. The highest BCUT2D eigenvalue weighted by molar-refractivity contribution is 7.21. The van der Waals surface area contributed by atoms with Crippen LogP contribution >= 0.6 is 22.9 Å². The molecule has 0 saturated heterocycles. The number of benzene rings is 1. The van der Waals surface area contributed by atoms with Gasteiger partial charge in [0.15, 0.2) is 6.61 Å². The molecule has 1 aromatic heterocycles. The molecular weight excluding hydrogens is 346 g/mol. The highest BCUT2D eigenvalue weighted by atomic mass is 35.5. The molecule has 1 heterocycles. The van der Waals surface area contributed by atoms with Gasteiger partial charge in [-0.05, 0) is 24.8 Å². The number of thiophene rings is 1. The minimum atomic E-state index is -0.548. The Balaban J connectivity index is 1.58. The third-order valence-electron chi connectivity index (χ3n) is 4.51. The molecule has 4 nitrogen and oxygen atoms in total. The summed E-state index contributed by atoms with van der Waals surface area (Å²) in [5.41, 5.74) is 0. The maximum atomic E-state index is 12.2. The minimum absolute atomic E-state index is 0.179. The van der Waals surface area contributed by atoms with E-state index < -0.39 is 5.97 Å². The van der Waals surface area contributed by atoms with Crippen LogP contribution in [-0.4, -0.2) is 24.5 Å². The molecule has 128 valence electrons. The number of fused-ring (bicyclic) bond motifs is 1. The van der Waals surface area contributed by atoms with Crippen LogP contribution < -0.4 is 5.32 Å². The molecule has 1 saturated carbocycles. The van der Waals surface area contributed by atoms with Crippen molar-refractivity contribution >= 4 is 44.9 Å². The lowest BCUT2D eigenvalue weighted by molar-refractivity contribution is -0.125. The molecule has 1 N–H and O–H groups in total. The van der Waals surface area contributed by atoms with E-state index in [-0.39, 0.29) is 18.6 Å². The Morgan fingerprint density at radius 1 is 1.29 bits per heavy atom. The number of esters is 1. The van der Waals surface area contributed by atoms with Gasteiger partial charge in [-0.1, -0.05) is 49.6 Å². The van der Waals surface area contributed by atoms with Gasteiger partial charge in [-0.15, -0.1) is 11.3 Å². The second-order valence-electron chi connectivity index (χ2n) is 6.25. The zero-order valence-corrected chi connectivity index (χ0v) is 15.1. The first-order valence-corrected chi connectivity index (χ1v) is 9.39. The first-order chi connectivity index (χ1) is 11.6. The number of carbonyl (C=O) groups excluding carboxylic acids is 2. The van der Waals surface area contributed by atoms with E-state index in [0.29, 0.717) is 15.8 Å². The average molecular weight is 366 g/mol. The highest BCUT2D eigenvalue weighted by Crippen LogP contribution is 2.35. The zero-order chi connectivity index (χ0) is 17.1. The van der Waals surface area contributed by atoms with Crippen molar-refractivity contribution in [1.82, 2.24) is 5.32 Å². The fourth-order valence-corrected chi connectivity index (χ4v) is 4.52. The lowest BCUT2D eigenvalue weighted by atomic mass is 9.86. The Bertz CT molecular complexity index is 758. The standard InChI is InChI=1S/C18H20ClNO3S/c1-11-6-2-4-8-13(11)20-15(21)10-23-18(22)17-16(19)12-7-3-5-9-14(12)24-17/h3,5,7,9,11,13H,2,4,6,8,10H2,1H3,(H,20,21)/t11-,13+/m1/s1. The van der Waals surface area contributed by atoms with Crippen molar-refractivity contribution in [3.8, 4) is 0 Å². The van der Waals surface area contributed by atoms with E-state index in [2.05, 4.69) is 12.2 Å². The van der Waals surface area contributed by atoms with Gasteiger partial charge in [0.1, 0.15) is 4.88 Å². The Morgan fingerprint density at radius 2 is 2.04 bits per heavy atom. The highest BCUT2D eigenvalue weighted by Gasteiger charge is 2.24. The minimum Gasteiger partial charge on any atom is -0.451 e. The van der Waals surface area contributed by atoms with Gasteiger partial charge in [-0.25, -0.2) is 4.79 Å². The number of rotatable bonds is 4. The summed E-state index contributed by atoms with van der Waals surface area (Å²) in [5.74, 6) is -0.331. The summed E-state index contributed by atoms with van der Waals surface area (Å²) in [5, 5.41) is 4.19. The maximum Gasteiger partial charge on any atom is 0.350 e. The van der Waals surface area contributed by atoms with Gasteiger partial charge < -0.3 is 10.1 Å². The Kier molecular flexibility index (Phi) is 5.41. The number of amides is 1. The predicted molar refractivity (Wildman–Crippen MR) is 96.7 cm³/mol. The number of hydrogen-bond acceptors (Lipinski definition) is 4. The molecule has 0 unspecified atom stereocenters. The normalized spacial score (nSPS) is 20.8. The fourth-order valence-electron chi connectivity index (χ4n) is 3.12. The molecule has 0 bridgehead atoms. The third-order valence-corrected chi connectivity index (χ3v) is 6.17. The van der Waals surface area contributed by atoms with Crippen molar-refractivity contribution in [2.24, 2.45) is 5.92 Å². The van der Waals surface area contributed by atoms with Crippen molar-refractivity contribution in [3.05, 3.63) is 34.2 Å². The van der Waals surface area contributed by atoms with Crippen molar-refractivity contribution in [3.63, 3.8) is 0 Å². The van der Waals surface area contributed by atoms with Crippen molar-refractivity contribution in [2.45, 2.75) is 38.6 Å². The zero-order valence-electron chi connectivity index (χ0n) is 13.5. The van der Waals surface area contributed by atoms with Gasteiger partial charge in [0.25, 0.3) is 5.91 Å². The quantitative estimate of drug-likeness (QED) is 0.816. The molecule has 6 heteroatoms. The van der Waals surface area contributed by atoms with Crippen LogP contribution in [0.25, 0.3) is 10.1 Å². The first-order valence-electron chi connectivity index (χ1n) is 8.20.